The molecule has 0 bridgehead atoms. The van der Waals surface area contributed by atoms with E-state index in [9.17, 15) is 9.59 Å². The SMILES string of the molecule is CC(=O)c1cccc(NC(=O)CI)c1. The minimum atomic E-state index is -0.0636. The summed E-state index contributed by atoms with van der Waals surface area (Å²) in [6, 6.07) is 6.91. The molecule has 0 fully saturated rings. The van der Waals surface area contributed by atoms with E-state index in [0.29, 0.717) is 15.7 Å². The Morgan fingerprint density at radius 1 is 1.43 bits per heavy atom. The normalized spacial score (nSPS) is 9.57. The Labute approximate surface area is 96.0 Å². The molecule has 0 radical (unpaired) electrons. The van der Waals surface area contributed by atoms with Crippen LogP contribution >= 0.6 is 22.6 Å². The Bertz CT molecular complexity index is 363. The van der Waals surface area contributed by atoms with Crippen LogP contribution in [0.5, 0.6) is 0 Å². The largest absolute Gasteiger partial charge is 0.325 e. The monoisotopic (exact) mass is 303 g/mol. The van der Waals surface area contributed by atoms with Crippen molar-refractivity contribution in [2.75, 3.05) is 9.74 Å². The molecule has 0 heterocycles. The second-order valence-electron chi connectivity index (χ2n) is 2.82. The van der Waals surface area contributed by atoms with Gasteiger partial charge >= 0.3 is 0 Å². The number of nitrogens with one attached hydrogen (secondary N) is 1. The molecule has 1 aromatic rings. The van der Waals surface area contributed by atoms with Gasteiger partial charge in [-0.05, 0) is 19.1 Å². The van der Waals surface area contributed by atoms with Crippen LogP contribution in [0.4, 0.5) is 5.69 Å². The zero-order valence-corrected chi connectivity index (χ0v) is 9.87. The van der Waals surface area contributed by atoms with Crippen molar-refractivity contribution >= 4 is 40.0 Å². The number of Topliss-reactive ketones (excluding diaryl/α,β-unsaturated/α-hetero) is 1. The lowest BCUT2D eigenvalue weighted by Crippen LogP contribution is -2.12. The van der Waals surface area contributed by atoms with Crippen molar-refractivity contribution in [1.29, 1.82) is 0 Å². The van der Waals surface area contributed by atoms with Crippen molar-refractivity contribution in [2.45, 2.75) is 6.92 Å². The van der Waals surface area contributed by atoms with Crippen LogP contribution in [0.3, 0.4) is 0 Å². The molecule has 0 saturated carbocycles. The number of hydrogen-bond acceptors (Lipinski definition) is 2. The average Bonchev–Trinajstić information content (AvgIpc) is 2.18. The highest BCUT2D eigenvalue weighted by molar-refractivity contribution is 14.1. The van der Waals surface area contributed by atoms with Crippen LogP contribution in [0, 0.1) is 0 Å². The van der Waals surface area contributed by atoms with Crippen LogP contribution in [0.2, 0.25) is 0 Å². The van der Waals surface area contributed by atoms with Crippen molar-refractivity contribution in [3.05, 3.63) is 29.8 Å². The van der Waals surface area contributed by atoms with Gasteiger partial charge in [-0.15, -0.1) is 0 Å². The number of alkyl halides is 1. The first kappa shape index (κ1) is 11.2. The van der Waals surface area contributed by atoms with Gasteiger partial charge in [-0.25, -0.2) is 0 Å². The fourth-order valence-electron chi connectivity index (χ4n) is 1.01. The first-order valence-corrected chi connectivity index (χ1v) is 5.63. The summed E-state index contributed by atoms with van der Waals surface area (Å²) in [5, 5.41) is 2.69. The highest BCUT2D eigenvalue weighted by Gasteiger charge is 2.02. The molecule has 0 aliphatic carbocycles. The van der Waals surface area contributed by atoms with E-state index in [0.717, 1.165) is 0 Å². The molecular formula is C10H10INO2. The van der Waals surface area contributed by atoms with Gasteiger partial charge in [-0.1, -0.05) is 34.7 Å². The molecule has 0 spiro atoms. The lowest BCUT2D eigenvalue weighted by atomic mass is 10.1. The topological polar surface area (TPSA) is 46.2 Å². The Kier molecular flexibility index (Phi) is 4.06. The molecule has 3 nitrogen and oxygen atoms in total. The van der Waals surface area contributed by atoms with Gasteiger partial charge in [-0.2, -0.15) is 0 Å². The third-order valence-electron chi connectivity index (χ3n) is 1.67. The van der Waals surface area contributed by atoms with Crippen molar-refractivity contribution in [3.8, 4) is 0 Å². The molecule has 0 unspecified atom stereocenters. The molecule has 4 heteroatoms. The van der Waals surface area contributed by atoms with Gasteiger partial charge in [-0.3, -0.25) is 9.59 Å². The maximum atomic E-state index is 11.1. The standard InChI is InChI=1S/C10H10INO2/c1-7(13)8-3-2-4-9(5-8)12-10(14)6-11/h2-5H,6H2,1H3,(H,12,14). The number of halogens is 1. The molecule has 0 saturated heterocycles. The van der Waals surface area contributed by atoms with E-state index in [2.05, 4.69) is 5.32 Å². The van der Waals surface area contributed by atoms with Crippen molar-refractivity contribution < 1.29 is 9.59 Å². The average molecular weight is 303 g/mol. The molecule has 0 aliphatic heterocycles. The number of hydrogen-bond donors (Lipinski definition) is 1. The summed E-state index contributed by atoms with van der Waals surface area (Å²) in [6.07, 6.45) is 0. The van der Waals surface area contributed by atoms with Gasteiger partial charge in [0.25, 0.3) is 0 Å². The minimum absolute atomic E-state index is 0.00410. The number of ketones is 1. The molecule has 0 aliphatic rings. The second-order valence-corrected chi connectivity index (χ2v) is 3.58. The van der Waals surface area contributed by atoms with Gasteiger partial charge in [0.1, 0.15) is 0 Å². The summed E-state index contributed by atoms with van der Waals surface area (Å²) >= 11 is 1.98. The lowest BCUT2D eigenvalue weighted by Gasteiger charge is -2.03. The quantitative estimate of drug-likeness (QED) is 0.529. The van der Waals surface area contributed by atoms with Gasteiger partial charge in [0, 0.05) is 11.3 Å². The van der Waals surface area contributed by atoms with E-state index in [1.807, 2.05) is 22.6 Å². The number of benzene rings is 1. The number of rotatable bonds is 3. The maximum Gasteiger partial charge on any atom is 0.234 e. The molecule has 74 valence electrons. The van der Waals surface area contributed by atoms with Crippen molar-refractivity contribution in [2.24, 2.45) is 0 Å². The van der Waals surface area contributed by atoms with Crippen LogP contribution in [-0.4, -0.2) is 16.1 Å². The first-order chi connectivity index (χ1) is 6.63. The molecule has 0 atom stereocenters. The summed E-state index contributed by atoms with van der Waals surface area (Å²) < 4.78 is 0.405. The molecule has 14 heavy (non-hydrogen) atoms. The van der Waals surface area contributed by atoms with E-state index >= 15 is 0 Å². The smallest absolute Gasteiger partial charge is 0.234 e. The van der Waals surface area contributed by atoms with Gasteiger partial charge in [0.15, 0.2) is 5.78 Å². The lowest BCUT2D eigenvalue weighted by molar-refractivity contribution is -0.113. The first-order valence-electron chi connectivity index (χ1n) is 4.10. The Hall–Kier alpha value is -0.910. The van der Waals surface area contributed by atoms with E-state index < -0.39 is 0 Å². The second kappa shape index (κ2) is 5.09. The third-order valence-corrected chi connectivity index (χ3v) is 2.37. The van der Waals surface area contributed by atoms with E-state index in [-0.39, 0.29) is 11.7 Å². The number of anilines is 1. The fraction of sp³-hybridized carbons (Fsp3) is 0.200. The predicted octanol–water partition coefficient (Wildman–Crippen LogP) is 2.26. The zero-order valence-electron chi connectivity index (χ0n) is 7.71. The van der Waals surface area contributed by atoms with Gasteiger partial charge in [0.05, 0.1) is 4.43 Å². The number of carbonyl (C=O) groups excluding carboxylic acids is 2. The van der Waals surface area contributed by atoms with E-state index in [1.165, 1.54) is 6.92 Å². The molecule has 1 N–H and O–H groups in total. The summed E-state index contributed by atoms with van der Waals surface area (Å²) in [4.78, 5) is 22.1. The molecule has 0 aromatic heterocycles. The van der Waals surface area contributed by atoms with Crippen molar-refractivity contribution in [3.63, 3.8) is 0 Å². The third kappa shape index (κ3) is 3.10. The fourth-order valence-corrected chi connectivity index (χ4v) is 1.20. The van der Waals surface area contributed by atoms with Gasteiger partial charge < -0.3 is 5.32 Å². The maximum absolute atomic E-state index is 11.1. The summed E-state index contributed by atoms with van der Waals surface area (Å²) in [5.74, 6) is -0.0677. The van der Waals surface area contributed by atoms with Crippen LogP contribution < -0.4 is 5.32 Å². The van der Waals surface area contributed by atoms with Crippen molar-refractivity contribution in [1.82, 2.24) is 0 Å². The van der Waals surface area contributed by atoms with E-state index in [4.69, 9.17) is 0 Å². The number of carbonyl (C=O) groups is 2. The Morgan fingerprint density at radius 3 is 2.71 bits per heavy atom. The molecular weight excluding hydrogens is 293 g/mol. The zero-order chi connectivity index (χ0) is 10.6. The predicted molar refractivity (Wildman–Crippen MR) is 64.0 cm³/mol. The minimum Gasteiger partial charge on any atom is -0.325 e. The van der Waals surface area contributed by atoms with E-state index in [1.54, 1.807) is 24.3 Å². The molecule has 1 amide bonds. The van der Waals surface area contributed by atoms with Gasteiger partial charge in [0.2, 0.25) is 5.91 Å². The van der Waals surface area contributed by atoms with Crippen LogP contribution in [-0.2, 0) is 4.79 Å². The number of amides is 1. The molecule has 1 aromatic carbocycles. The highest BCUT2D eigenvalue weighted by atomic mass is 127. The summed E-state index contributed by atoms with van der Waals surface area (Å²) in [5.41, 5.74) is 1.27. The highest BCUT2D eigenvalue weighted by Crippen LogP contribution is 2.11. The Morgan fingerprint density at radius 2 is 2.14 bits per heavy atom. The Balaban J connectivity index is 2.83. The van der Waals surface area contributed by atoms with Crippen LogP contribution in [0.1, 0.15) is 17.3 Å². The van der Waals surface area contributed by atoms with Crippen LogP contribution in [0.15, 0.2) is 24.3 Å². The summed E-state index contributed by atoms with van der Waals surface area (Å²) in [6.45, 7) is 1.50. The van der Waals surface area contributed by atoms with Crippen LogP contribution in [0.25, 0.3) is 0 Å². The summed E-state index contributed by atoms with van der Waals surface area (Å²) in [7, 11) is 0. The molecule has 1 rings (SSSR count).